The van der Waals surface area contributed by atoms with Gasteiger partial charge >= 0.3 is 5.97 Å². The van der Waals surface area contributed by atoms with E-state index in [9.17, 15) is 19.7 Å². The normalized spacial score (nSPS) is 16.2. The predicted molar refractivity (Wildman–Crippen MR) is 99.0 cm³/mol. The van der Waals surface area contributed by atoms with Gasteiger partial charge in [-0.1, -0.05) is 42.2 Å². The van der Waals surface area contributed by atoms with Crippen molar-refractivity contribution in [1.82, 2.24) is 4.90 Å². The van der Waals surface area contributed by atoms with Crippen LogP contribution in [0, 0.1) is 10.1 Å². The van der Waals surface area contributed by atoms with E-state index in [-0.39, 0.29) is 24.6 Å². The summed E-state index contributed by atoms with van der Waals surface area (Å²) in [6, 6.07) is 6.29. The largest absolute Gasteiger partial charge is 0.481 e. The van der Waals surface area contributed by atoms with Crippen LogP contribution < -0.4 is 0 Å². The number of carbonyl (C=O) groups excluding carboxylic acids is 1. The van der Waals surface area contributed by atoms with Crippen LogP contribution in [0.5, 0.6) is 0 Å². The van der Waals surface area contributed by atoms with Gasteiger partial charge < -0.3 is 5.11 Å². The van der Waals surface area contributed by atoms with Gasteiger partial charge in [0.1, 0.15) is 4.32 Å². The fraction of sp³-hybridized carbons (Fsp3) is 0.188. The molecule has 7 nitrogen and oxygen atoms in total. The van der Waals surface area contributed by atoms with E-state index in [0.717, 1.165) is 11.8 Å². The molecular formula is C16H14N2O5S2. The number of para-hydroxylation sites is 1. The van der Waals surface area contributed by atoms with Crippen molar-refractivity contribution < 1.29 is 19.6 Å². The number of thioether (sulfide) groups is 1. The molecule has 9 heteroatoms. The van der Waals surface area contributed by atoms with Crippen molar-refractivity contribution in [3.05, 3.63) is 57.0 Å². The number of carboxylic acid groups (broad SMARTS) is 1. The summed E-state index contributed by atoms with van der Waals surface area (Å²) in [5.74, 6) is -1.21. The summed E-state index contributed by atoms with van der Waals surface area (Å²) in [7, 11) is 0. The van der Waals surface area contributed by atoms with Gasteiger partial charge in [0.25, 0.3) is 11.6 Å². The summed E-state index contributed by atoms with van der Waals surface area (Å²) in [4.78, 5) is 35.1. The lowest BCUT2D eigenvalue weighted by atomic mass is 10.1. The third-order valence-corrected chi connectivity index (χ3v) is 4.70. The molecule has 1 aliphatic heterocycles. The van der Waals surface area contributed by atoms with E-state index in [1.54, 1.807) is 36.4 Å². The Morgan fingerprint density at radius 2 is 2.12 bits per heavy atom. The number of nitrogens with zero attached hydrogens (tertiary/aromatic N) is 2. The average molecular weight is 378 g/mol. The molecule has 1 N–H and O–H groups in total. The highest BCUT2D eigenvalue weighted by molar-refractivity contribution is 8.26. The molecule has 1 heterocycles. The molecule has 1 aromatic carbocycles. The van der Waals surface area contributed by atoms with Gasteiger partial charge in [0.05, 0.1) is 15.4 Å². The smallest absolute Gasteiger partial charge is 0.303 e. The van der Waals surface area contributed by atoms with E-state index in [1.807, 2.05) is 0 Å². The molecule has 0 unspecified atom stereocenters. The zero-order valence-corrected chi connectivity index (χ0v) is 14.6. The van der Waals surface area contributed by atoms with E-state index in [2.05, 4.69) is 0 Å². The van der Waals surface area contributed by atoms with Gasteiger partial charge in [-0.15, -0.1) is 0 Å². The molecular weight excluding hydrogens is 364 g/mol. The summed E-state index contributed by atoms with van der Waals surface area (Å²) in [5, 5.41) is 19.6. The number of hydrogen-bond acceptors (Lipinski definition) is 6. The molecule has 0 radical (unpaired) electrons. The summed E-state index contributed by atoms with van der Waals surface area (Å²) < 4.78 is 0.376. The van der Waals surface area contributed by atoms with Crippen molar-refractivity contribution in [3.8, 4) is 0 Å². The number of thiocarbonyl (C=S) groups is 1. The Morgan fingerprint density at radius 1 is 1.40 bits per heavy atom. The van der Waals surface area contributed by atoms with Crippen LogP contribution >= 0.6 is 24.0 Å². The van der Waals surface area contributed by atoms with E-state index in [0.29, 0.717) is 21.2 Å². The van der Waals surface area contributed by atoms with Crippen LogP contribution in [0.1, 0.15) is 18.4 Å². The third-order valence-electron chi connectivity index (χ3n) is 3.30. The molecule has 130 valence electrons. The van der Waals surface area contributed by atoms with E-state index < -0.39 is 10.9 Å². The van der Waals surface area contributed by atoms with Crippen molar-refractivity contribution in [2.75, 3.05) is 6.54 Å². The first-order valence-corrected chi connectivity index (χ1v) is 8.50. The van der Waals surface area contributed by atoms with Crippen molar-refractivity contribution in [1.29, 1.82) is 0 Å². The second-order valence-corrected chi connectivity index (χ2v) is 6.70. The Labute approximate surface area is 153 Å². The topological polar surface area (TPSA) is 101 Å². The van der Waals surface area contributed by atoms with Crippen LogP contribution in [0.15, 0.2) is 41.3 Å². The minimum Gasteiger partial charge on any atom is -0.481 e. The minimum atomic E-state index is -0.923. The number of amides is 1. The number of nitro benzene ring substituents is 1. The van der Waals surface area contributed by atoms with Crippen LogP contribution in [0.25, 0.3) is 6.08 Å². The van der Waals surface area contributed by atoms with Crippen LogP contribution in [-0.4, -0.2) is 37.7 Å². The molecule has 1 aliphatic rings. The number of carbonyl (C=O) groups is 2. The predicted octanol–water partition coefficient (Wildman–Crippen LogP) is 3.22. The lowest BCUT2D eigenvalue weighted by Crippen LogP contribution is -2.29. The van der Waals surface area contributed by atoms with Crippen molar-refractivity contribution >= 4 is 51.9 Å². The maximum atomic E-state index is 12.3. The van der Waals surface area contributed by atoms with Crippen molar-refractivity contribution in [3.63, 3.8) is 0 Å². The molecule has 1 amide bonds. The zero-order valence-electron chi connectivity index (χ0n) is 13.0. The highest BCUT2D eigenvalue weighted by Gasteiger charge is 2.31. The van der Waals surface area contributed by atoms with Gasteiger partial charge in [0.15, 0.2) is 0 Å². The monoisotopic (exact) mass is 378 g/mol. The Balaban J connectivity index is 2.07. The highest BCUT2D eigenvalue weighted by Crippen LogP contribution is 2.31. The lowest BCUT2D eigenvalue weighted by Gasteiger charge is -2.12. The molecule has 0 aliphatic carbocycles. The molecule has 1 saturated heterocycles. The van der Waals surface area contributed by atoms with E-state index >= 15 is 0 Å². The fourth-order valence-electron chi connectivity index (χ4n) is 2.13. The van der Waals surface area contributed by atoms with Crippen molar-refractivity contribution in [2.45, 2.75) is 12.8 Å². The highest BCUT2D eigenvalue weighted by atomic mass is 32.2. The Kier molecular flexibility index (Phi) is 6.43. The van der Waals surface area contributed by atoms with Crippen LogP contribution in [0.4, 0.5) is 5.69 Å². The molecule has 0 atom stereocenters. The Hall–Kier alpha value is -2.52. The molecule has 2 rings (SSSR count). The first-order valence-electron chi connectivity index (χ1n) is 7.27. The maximum absolute atomic E-state index is 12.3. The summed E-state index contributed by atoms with van der Waals surface area (Å²) in [5.41, 5.74) is 0.411. The summed E-state index contributed by atoms with van der Waals surface area (Å²) >= 11 is 6.26. The second-order valence-electron chi connectivity index (χ2n) is 5.03. The van der Waals surface area contributed by atoms with Gasteiger partial charge in [-0.25, -0.2) is 0 Å². The molecule has 0 bridgehead atoms. The number of aliphatic carboxylic acids is 1. The quantitative estimate of drug-likeness (QED) is 0.336. The van der Waals surface area contributed by atoms with Crippen LogP contribution in [0.3, 0.4) is 0 Å². The van der Waals surface area contributed by atoms with Gasteiger partial charge in [-0.2, -0.15) is 0 Å². The van der Waals surface area contributed by atoms with Crippen molar-refractivity contribution in [2.24, 2.45) is 0 Å². The molecule has 1 fully saturated rings. The fourth-order valence-corrected chi connectivity index (χ4v) is 3.39. The number of carboxylic acids is 1. The molecule has 1 aromatic rings. The number of rotatable bonds is 7. The number of hydrogen-bond donors (Lipinski definition) is 1. The number of nitro groups is 1. The van der Waals surface area contributed by atoms with Gasteiger partial charge in [-0.05, 0) is 24.6 Å². The molecule has 0 spiro atoms. The van der Waals surface area contributed by atoms with Gasteiger partial charge in [-0.3, -0.25) is 24.6 Å². The Morgan fingerprint density at radius 3 is 2.80 bits per heavy atom. The Bertz CT molecular complexity index is 788. The maximum Gasteiger partial charge on any atom is 0.303 e. The average Bonchev–Trinajstić information content (AvgIpc) is 2.82. The molecule has 25 heavy (non-hydrogen) atoms. The third kappa shape index (κ3) is 4.97. The summed E-state index contributed by atoms with van der Waals surface area (Å²) in [6.45, 7) is 0.252. The first-order chi connectivity index (χ1) is 11.9. The zero-order chi connectivity index (χ0) is 18.4. The van der Waals surface area contributed by atoms with Gasteiger partial charge in [0, 0.05) is 19.0 Å². The van der Waals surface area contributed by atoms with Gasteiger partial charge in [0.2, 0.25) is 0 Å². The van der Waals surface area contributed by atoms with Crippen LogP contribution in [-0.2, 0) is 9.59 Å². The molecule has 0 saturated carbocycles. The number of allylic oxidation sites excluding steroid dienone is 2. The first kappa shape index (κ1) is 18.8. The summed E-state index contributed by atoms with van der Waals surface area (Å²) in [6.07, 6.45) is 4.95. The lowest BCUT2D eigenvalue weighted by molar-refractivity contribution is -0.385. The number of benzene rings is 1. The minimum absolute atomic E-state index is 0.0200. The van der Waals surface area contributed by atoms with E-state index in [4.69, 9.17) is 17.3 Å². The van der Waals surface area contributed by atoms with Crippen LogP contribution in [0.2, 0.25) is 0 Å². The molecule has 0 aromatic heterocycles. The van der Waals surface area contributed by atoms with E-state index in [1.165, 1.54) is 11.0 Å². The second kappa shape index (κ2) is 8.54. The SMILES string of the molecule is O=C(O)CCCN1C(=O)/C(=C\C=C\c2ccccc2[N+](=O)[O-])SC1=S. The standard InChI is InChI=1S/C16H14N2O5S2/c19-14(20)9-4-10-17-15(21)13(25-16(17)24)8-3-6-11-5-1-2-7-12(11)18(22)23/h1-3,5-8H,4,9-10H2,(H,19,20)/b6-3+,13-8+.